The van der Waals surface area contributed by atoms with Gasteiger partial charge in [0, 0.05) is 16.6 Å². The van der Waals surface area contributed by atoms with Crippen LogP contribution in [0, 0.1) is 5.82 Å². The molecule has 0 aliphatic carbocycles. The Hall–Kier alpha value is -3.06. The highest BCUT2D eigenvalue weighted by Gasteiger charge is 2.12. The minimum atomic E-state index is -0.305. The summed E-state index contributed by atoms with van der Waals surface area (Å²) in [6.07, 6.45) is 3.17. The highest BCUT2D eigenvalue weighted by atomic mass is 32.1. The number of benzene rings is 2. The predicted molar refractivity (Wildman–Crippen MR) is 98.5 cm³/mol. The largest absolute Gasteiger partial charge is 0.347 e. The second-order valence-corrected chi connectivity index (χ2v) is 6.94. The summed E-state index contributed by atoms with van der Waals surface area (Å²) in [6.45, 7) is 1.07. The number of fused-ring (bicyclic) bond motifs is 1. The molecule has 4 rings (SSSR count). The van der Waals surface area contributed by atoms with Crippen LogP contribution in [0.3, 0.4) is 0 Å². The van der Waals surface area contributed by atoms with E-state index in [-0.39, 0.29) is 11.7 Å². The van der Waals surface area contributed by atoms with Crippen molar-refractivity contribution in [2.75, 3.05) is 0 Å². The Kier molecular flexibility index (Phi) is 4.45. The lowest BCUT2D eigenvalue weighted by Gasteiger charge is -2.06. The highest BCUT2D eigenvalue weighted by molar-refractivity contribution is 7.20. The monoisotopic (exact) mass is 366 g/mol. The number of carbonyl (C=O) groups is 1. The Labute approximate surface area is 153 Å². The molecule has 0 fully saturated rings. The number of nitrogens with one attached hydrogen (secondary N) is 1. The van der Waals surface area contributed by atoms with Gasteiger partial charge in [-0.05, 0) is 29.3 Å². The minimum Gasteiger partial charge on any atom is -0.347 e. The number of hydrogen-bond acceptors (Lipinski definition) is 4. The molecule has 130 valence electrons. The molecule has 0 unspecified atom stereocenters. The molecule has 0 saturated heterocycles. The predicted octanol–water partition coefficient (Wildman–Crippen LogP) is 3.61. The van der Waals surface area contributed by atoms with Gasteiger partial charge in [-0.3, -0.25) is 4.79 Å². The lowest BCUT2D eigenvalue weighted by molar-refractivity contribution is 0.0955. The fourth-order valence-corrected chi connectivity index (χ4v) is 3.66. The van der Waals surface area contributed by atoms with Crippen LogP contribution in [-0.2, 0) is 13.1 Å². The normalized spacial score (nSPS) is 11.0. The van der Waals surface area contributed by atoms with Crippen molar-refractivity contribution in [1.82, 2.24) is 20.1 Å². The second kappa shape index (κ2) is 7.05. The van der Waals surface area contributed by atoms with Crippen molar-refractivity contribution >= 4 is 27.3 Å². The molecule has 2 aromatic heterocycles. The summed E-state index contributed by atoms with van der Waals surface area (Å²) in [5, 5.41) is 7.44. The molecular weight excluding hydrogens is 351 g/mol. The van der Waals surface area contributed by atoms with E-state index in [1.54, 1.807) is 23.1 Å². The van der Waals surface area contributed by atoms with Crippen LogP contribution in [0.25, 0.3) is 10.1 Å². The third kappa shape index (κ3) is 3.48. The Morgan fingerprint density at radius 1 is 1.15 bits per heavy atom. The number of amides is 1. The van der Waals surface area contributed by atoms with E-state index >= 15 is 0 Å². The standard InChI is InChI=1S/C19H15FN4OS/c20-16-2-1-3-17-15(16)8-18(26-17)19(25)22-9-13-4-6-14(7-5-13)10-24-12-21-11-23-24/h1-8,11-12H,9-10H2,(H,22,25). The number of halogens is 1. The van der Waals surface area contributed by atoms with Gasteiger partial charge >= 0.3 is 0 Å². The van der Waals surface area contributed by atoms with Crippen LogP contribution in [0.5, 0.6) is 0 Å². The van der Waals surface area contributed by atoms with E-state index in [0.717, 1.165) is 15.8 Å². The quantitative estimate of drug-likeness (QED) is 0.587. The number of thiophene rings is 1. The summed E-state index contributed by atoms with van der Waals surface area (Å²) in [7, 11) is 0. The van der Waals surface area contributed by atoms with E-state index < -0.39 is 0 Å². The number of rotatable bonds is 5. The number of aromatic nitrogens is 3. The first-order valence-corrected chi connectivity index (χ1v) is 8.87. The molecule has 0 aliphatic rings. The topological polar surface area (TPSA) is 59.8 Å². The molecule has 0 atom stereocenters. The van der Waals surface area contributed by atoms with Crippen LogP contribution in [-0.4, -0.2) is 20.7 Å². The van der Waals surface area contributed by atoms with Crippen LogP contribution in [0.1, 0.15) is 20.8 Å². The van der Waals surface area contributed by atoms with Gasteiger partial charge < -0.3 is 5.32 Å². The molecule has 4 aromatic rings. The molecule has 0 saturated carbocycles. The van der Waals surface area contributed by atoms with Gasteiger partial charge in [0.2, 0.25) is 0 Å². The smallest absolute Gasteiger partial charge is 0.261 e. The van der Waals surface area contributed by atoms with Gasteiger partial charge in [0.15, 0.2) is 0 Å². The highest BCUT2D eigenvalue weighted by Crippen LogP contribution is 2.27. The minimum absolute atomic E-state index is 0.197. The SMILES string of the molecule is O=C(NCc1ccc(Cn2cncn2)cc1)c1cc2c(F)cccc2s1. The van der Waals surface area contributed by atoms with E-state index in [0.29, 0.717) is 23.4 Å². The van der Waals surface area contributed by atoms with Crippen LogP contribution in [0.2, 0.25) is 0 Å². The Morgan fingerprint density at radius 3 is 2.69 bits per heavy atom. The molecule has 0 aliphatic heterocycles. The van der Waals surface area contributed by atoms with Gasteiger partial charge in [-0.1, -0.05) is 30.3 Å². The number of hydrogen-bond donors (Lipinski definition) is 1. The zero-order valence-corrected chi connectivity index (χ0v) is 14.5. The fourth-order valence-electron chi connectivity index (χ4n) is 2.67. The van der Waals surface area contributed by atoms with E-state index in [9.17, 15) is 9.18 Å². The Balaban J connectivity index is 1.39. The Bertz CT molecular complexity index is 1040. The average molecular weight is 366 g/mol. The first-order valence-electron chi connectivity index (χ1n) is 8.05. The summed E-state index contributed by atoms with van der Waals surface area (Å²) < 4.78 is 16.3. The van der Waals surface area contributed by atoms with Crippen molar-refractivity contribution < 1.29 is 9.18 Å². The molecule has 7 heteroatoms. The summed E-state index contributed by atoms with van der Waals surface area (Å²) in [5.41, 5.74) is 2.10. The second-order valence-electron chi connectivity index (χ2n) is 5.85. The Morgan fingerprint density at radius 2 is 1.96 bits per heavy atom. The third-order valence-electron chi connectivity index (χ3n) is 4.02. The average Bonchev–Trinajstić information content (AvgIpc) is 3.31. The van der Waals surface area contributed by atoms with Gasteiger partial charge in [-0.2, -0.15) is 5.10 Å². The lowest BCUT2D eigenvalue weighted by Crippen LogP contribution is -2.21. The first kappa shape index (κ1) is 16.4. The molecule has 5 nitrogen and oxygen atoms in total. The summed E-state index contributed by atoms with van der Waals surface area (Å²) in [6, 6.07) is 14.4. The lowest BCUT2D eigenvalue weighted by atomic mass is 10.1. The van der Waals surface area contributed by atoms with Crippen LogP contribution < -0.4 is 5.32 Å². The van der Waals surface area contributed by atoms with Crippen LogP contribution >= 0.6 is 11.3 Å². The number of carbonyl (C=O) groups excluding carboxylic acids is 1. The van der Waals surface area contributed by atoms with Crippen molar-refractivity contribution in [1.29, 1.82) is 0 Å². The molecule has 1 N–H and O–H groups in total. The number of nitrogens with zero attached hydrogens (tertiary/aromatic N) is 3. The third-order valence-corrected chi connectivity index (χ3v) is 5.12. The molecule has 0 bridgehead atoms. The molecule has 0 spiro atoms. The van der Waals surface area contributed by atoms with Gasteiger partial charge in [-0.25, -0.2) is 14.1 Å². The van der Waals surface area contributed by atoms with E-state index in [2.05, 4.69) is 15.4 Å². The van der Waals surface area contributed by atoms with E-state index in [4.69, 9.17) is 0 Å². The van der Waals surface area contributed by atoms with Gasteiger partial charge in [0.25, 0.3) is 5.91 Å². The molecular formula is C19H15FN4OS. The maximum absolute atomic E-state index is 13.8. The maximum atomic E-state index is 13.8. The maximum Gasteiger partial charge on any atom is 0.261 e. The van der Waals surface area contributed by atoms with Gasteiger partial charge in [0.05, 0.1) is 11.4 Å². The van der Waals surface area contributed by atoms with E-state index in [1.165, 1.54) is 23.7 Å². The van der Waals surface area contributed by atoms with Crippen LogP contribution in [0.15, 0.2) is 61.2 Å². The van der Waals surface area contributed by atoms with Gasteiger partial charge in [-0.15, -0.1) is 11.3 Å². The molecule has 0 radical (unpaired) electrons. The fraction of sp³-hybridized carbons (Fsp3) is 0.105. The summed E-state index contributed by atoms with van der Waals surface area (Å²) in [5.74, 6) is -0.502. The van der Waals surface area contributed by atoms with Crippen molar-refractivity contribution in [3.8, 4) is 0 Å². The zero-order valence-electron chi connectivity index (χ0n) is 13.7. The molecule has 2 aromatic carbocycles. The van der Waals surface area contributed by atoms with Crippen molar-refractivity contribution in [3.63, 3.8) is 0 Å². The van der Waals surface area contributed by atoms with Crippen LogP contribution in [0.4, 0.5) is 4.39 Å². The first-order chi connectivity index (χ1) is 12.7. The van der Waals surface area contributed by atoms with E-state index in [1.807, 2.05) is 30.3 Å². The summed E-state index contributed by atoms with van der Waals surface area (Å²) >= 11 is 1.29. The zero-order chi connectivity index (χ0) is 17.9. The van der Waals surface area contributed by atoms with Crippen molar-refractivity contribution in [3.05, 3.63) is 83.0 Å². The van der Waals surface area contributed by atoms with Crippen molar-refractivity contribution in [2.24, 2.45) is 0 Å². The summed E-state index contributed by atoms with van der Waals surface area (Å²) in [4.78, 5) is 16.8. The molecule has 2 heterocycles. The molecule has 1 amide bonds. The van der Waals surface area contributed by atoms with Gasteiger partial charge in [0.1, 0.15) is 18.5 Å². The molecule has 26 heavy (non-hydrogen) atoms. The van der Waals surface area contributed by atoms with Crippen molar-refractivity contribution in [2.45, 2.75) is 13.1 Å².